The van der Waals surface area contributed by atoms with E-state index in [2.05, 4.69) is 6.58 Å². The second-order valence-electron chi connectivity index (χ2n) is 2.54. The molecule has 0 aliphatic heterocycles. The van der Waals surface area contributed by atoms with Crippen LogP contribution in [0.1, 0.15) is 5.56 Å². The number of ether oxygens (including phenoxy) is 1. The first-order chi connectivity index (χ1) is 5.72. The number of methoxy groups -OCH3 is 1. The number of hydrogen-bond donors (Lipinski definition) is 0. The first kappa shape index (κ1) is 9.14. The van der Waals surface area contributed by atoms with Crippen molar-refractivity contribution in [1.82, 2.24) is 0 Å². The molecular weight excluding hydrogens is 172 g/mol. The van der Waals surface area contributed by atoms with E-state index < -0.39 is 0 Å². The topological polar surface area (TPSA) is 9.23 Å². The van der Waals surface area contributed by atoms with Gasteiger partial charge in [0, 0.05) is 11.5 Å². The van der Waals surface area contributed by atoms with Crippen LogP contribution in [0.2, 0.25) is 0 Å². The third-order valence-corrected chi connectivity index (χ3v) is 1.69. The molecule has 0 N–H and O–H groups in total. The van der Waals surface area contributed by atoms with Gasteiger partial charge >= 0.3 is 0 Å². The van der Waals surface area contributed by atoms with E-state index in [-0.39, 0.29) is 0 Å². The second-order valence-corrected chi connectivity index (χ2v) is 3.08. The molecule has 0 bridgehead atoms. The fraction of sp³-hybridized carbons (Fsp3) is 0.200. The normalized spacial score (nSPS) is 9.50. The number of hydrogen-bond acceptors (Lipinski definition) is 1. The molecule has 0 spiro atoms. The summed E-state index contributed by atoms with van der Waals surface area (Å²) in [6.07, 6.45) is 0.714. The number of rotatable bonds is 3. The SMILES string of the molecule is C=C(Cl)Cc1ccc(OC)cc1. The van der Waals surface area contributed by atoms with Crippen molar-refractivity contribution in [3.8, 4) is 5.75 Å². The summed E-state index contributed by atoms with van der Waals surface area (Å²) in [6.45, 7) is 3.63. The summed E-state index contributed by atoms with van der Waals surface area (Å²) in [5.41, 5.74) is 1.15. The molecule has 1 nitrogen and oxygen atoms in total. The van der Waals surface area contributed by atoms with Crippen molar-refractivity contribution in [2.24, 2.45) is 0 Å². The summed E-state index contributed by atoms with van der Waals surface area (Å²) in [5, 5.41) is 0.653. The van der Waals surface area contributed by atoms with Crippen molar-refractivity contribution in [1.29, 1.82) is 0 Å². The highest BCUT2D eigenvalue weighted by molar-refractivity contribution is 6.29. The summed E-state index contributed by atoms with van der Waals surface area (Å²) >= 11 is 5.66. The molecule has 0 radical (unpaired) electrons. The smallest absolute Gasteiger partial charge is 0.118 e. The Morgan fingerprint density at radius 3 is 2.42 bits per heavy atom. The van der Waals surface area contributed by atoms with Gasteiger partial charge < -0.3 is 4.74 Å². The minimum absolute atomic E-state index is 0.653. The van der Waals surface area contributed by atoms with Gasteiger partial charge in [-0.25, -0.2) is 0 Å². The molecule has 0 aromatic heterocycles. The van der Waals surface area contributed by atoms with Gasteiger partial charge in [0.1, 0.15) is 5.75 Å². The van der Waals surface area contributed by atoms with Crippen LogP contribution in [-0.2, 0) is 6.42 Å². The maximum Gasteiger partial charge on any atom is 0.118 e. The summed E-state index contributed by atoms with van der Waals surface area (Å²) in [4.78, 5) is 0. The maximum absolute atomic E-state index is 5.66. The van der Waals surface area contributed by atoms with Crippen molar-refractivity contribution in [2.45, 2.75) is 6.42 Å². The Bertz CT molecular complexity index is 264. The quantitative estimate of drug-likeness (QED) is 0.699. The molecule has 1 aromatic carbocycles. The van der Waals surface area contributed by atoms with Crippen molar-refractivity contribution < 1.29 is 4.74 Å². The summed E-state index contributed by atoms with van der Waals surface area (Å²) in [5.74, 6) is 0.860. The fourth-order valence-corrected chi connectivity index (χ4v) is 1.12. The Kier molecular flexibility index (Phi) is 3.18. The molecule has 64 valence electrons. The standard InChI is InChI=1S/C10H11ClO/c1-8(11)7-9-3-5-10(12-2)6-4-9/h3-6H,1,7H2,2H3. The van der Waals surface area contributed by atoms with Crippen molar-refractivity contribution in [3.05, 3.63) is 41.4 Å². The monoisotopic (exact) mass is 182 g/mol. The van der Waals surface area contributed by atoms with Gasteiger partial charge in [0.15, 0.2) is 0 Å². The molecule has 1 aromatic rings. The van der Waals surface area contributed by atoms with Crippen molar-refractivity contribution >= 4 is 11.6 Å². The van der Waals surface area contributed by atoms with Crippen LogP contribution in [0.15, 0.2) is 35.9 Å². The molecule has 0 atom stereocenters. The Labute approximate surface area is 77.6 Å². The number of allylic oxidation sites excluding steroid dienone is 1. The van der Waals surface area contributed by atoms with Crippen LogP contribution in [0.4, 0.5) is 0 Å². The highest BCUT2D eigenvalue weighted by atomic mass is 35.5. The zero-order valence-corrected chi connectivity index (χ0v) is 7.77. The first-order valence-electron chi connectivity index (χ1n) is 3.68. The van der Waals surface area contributed by atoms with Crippen LogP contribution in [0.5, 0.6) is 5.75 Å². The molecular formula is C10H11ClO. The molecule has 12 heavy (non-hydrogen) atoms. The average Bonchev–Trinajstić information content (AvgIpc) is 2.05. The van der Waals surface area contributed by atoms with E-state index in [1.165, 1.54) is 0 Å². The van der Waals surface area contributed by atoms with Crippen LogP contribution >= 0.6 is 11.6 Å². The lowest BCUT2D eigenvalue weighted by Gasteiger charge is -2.01. The first-order valence-corrected chi connectivity index (χ1v) is 4.06. The zero-order chi connectivity index (χ0) is 8.97. The van der Waals surface area contributed by atoms with Gasteiger partial charge in [0.25, 0.3) is 0 Å². The third kappa shape index (κ3) is 2.59. The van der Waals surface area contributed by atoms with Gasteiger partial charge in [0.05, 0.1) is 7.11 Å². The van der Waals surface area contributed by atoms with E-state index in [4.69, 9.17) is 16.3 Å². The van der Waals surface area contributed by atoms with Gasteiger partial charge in [0.2, 0.25) is 0 Å². The molecule has 0 aliphatic carbocycles. The van der Waals surface area contributed by atoms with Gasteiger partial charge in [-0.05, 0) is 17.7 Å². The minimum Gasteiger partial charge on any atom is -0.497 e. The predicted molar refractivity (Wildman–Crippen MR) is 51.7 cm³/mol. The number of benzene rings is 1. The van der Waals surface area contributed by atoms with E-state index in [0.717, 1.165) is 11.3 Å². The van der Waals surface area contributed by atoms with E-state index in [1.54, 1.807) is 7.11 Å². The third-order valence-electron chi connectivity index (χ3n) is 1.55. The largest absolute Gasteiger partial charge is 0.497 e. The molecule has 0 heterocycles. The maximum atomic E-state index is 5.66. The lowest BCUT2D eigenvalue weighted by molar-refractivity contribution is 0.414. The van der Waals surface area contributed by atoms with Crippen molar-refractivity contribution in [3.63, 3.8) is 0 Å². The number of halogens is 1. The van der Waals surface area contributed by atoms with E-state index >= 15 is 0 Å². The Morgan fingerprint density at radius 2 is 2.00 bits per heavy atom. The predicted octanol–water partition coefficient (Wildman–Crippen LogP) is 2.99. The van der Waals surface area contributed by atoms with Gasteiger partial charge in [-0.3, -0.25) is 0 Å². The van der Waals surface area contributed by atoms with Crippen LogP contribution in [0, 0.1) is 0 Å². The summed E-state index contributed by atoms with van der Waals surface area (Å²) in [7, 11) is 1.65. The molecule has 2 heteroatoms. The van der Waals surface area contributed by atoms with Gasteiger partial charge in [-0.1, -0.05) is 30.3 Å². The van der Waals surface area contributed by atoms with Gasteiger partial charge in [-0.2, -0.15) is 0 Å². The molecule has 0 saturated heterocycles. The molecule has 0 saturated carbocycles. The van der Waals surface area contributed by atoms with E-state index in [0.29, 0.717) is 11.5 Å². The summed E-state index contributed by atoms with van der Waals surface area (Å²) < 4.78 is 5.02. The molecule has 0 aliphatic rings. The highest BCUT2D eigenvalue weighted by Gasteiger charge is 1.94. The van der Waals surface area contributed by atoms with Crippen LogP contribution < -0.4 is 4.74 Å². The average molecular weight is 183 g/mol. The fourth-order valence-electron chi connectivity index (χ4n) is 0.965. The zero-order valence-electron chi connectivity index (χ0n) is 7.01. The minimum atomic E-state index is 0.653. The molecule has 0 amide bonds. The molecule has 1 rings (SSSR count). The lowest BCUT2D eigenvalue weighted by Crippen LogP contribution is -1.85. The van der Waals surface area contributed by atoms with Crippen LogP contribution in [0.25, 0.3) is 0 Å². The summed E-state index contributed by atoms with van der Waals surface area (Å²) in [6, 6.07) is 7.78. The van der Waals surface area contributed by atoms with E-state index in [1.807, 2.05) is 24.3 Å². The highest BCUT2D eigenvalue weighted by Crippen LogP contribution is 2.14. The molecule has 0 fully saturated rings. The Hall–Kier alpha value is -0.950. The Balaban J connectivity index is 2.71. The van der Waals surface area contributed by atoms with E-state index in [9.17, 15) is 0 Å². The van der Waals surface area contributed by atoms with Crippen molar-refractivity contribution in [2.75, 3.05) is 7.11 Å². The lowest BCUT2D eigenvalue weighted by atomic mass is 10.1. The second kappa shape index (κ2) is 4.17. The van der Waals surface area contributed by atoms with Crippen LogP contribution in [0.3, 0.4) is 0 Å². The van der Waals surface area contributed by atoms with Gasteiger partial charge in [-0.15, -0.1) is 0 Å². The molecule has 0 unspecified atom stereocenters. The van der Waals surface area contributed by atoms with Crippen LogP contribution in [-0.4, -0.2) is 7.11 Å². The Morgan fingerprint density at radius 1 is 1.42 bits per heavy atom.